The number of aliphatic imine (C=N–C) groups is 1. The van der Waals surface area contributed by atoms with E-state index in [1.807, 2.05) is 0 Å². The van der Waals surface area contributed by atoms with Crippen LogP contribution in [-0.4, -0.2) is 35.4 Å². The second kappa shape index (κ2) is 4.84. The minimum Gasteiger partial charge on any atom is -0.343 e. The van der Waals surface area contributed by atoms with Crippen LogP contribution in [0.3, 0.4) is 0 Å². The fourth-order valence-electron chi connectivity index (χ4n) is 3.55. The Morgan fingerprint density at radius 2 is 1.89 bits per heavy atom. The maximum Gasteiger partial charge on any atom is 0.246 e. The Balaban J connectivity index is 1.91. The maximum absolute atomic E-state index is 12.2. The lowest BCUT2D eigenvalue weighted by molar-refractivity contribution is -0.124. The van der Waals surface area contributed by atoms with E-state index in [4.69, 9.17) is 4.99 Å². The molecule has 5 nitrogen and oxygen atoms in total. The summed E-state index contributed by atoms with van der Waals surface area (Å²) in [5.74, 6) is -0.0402. The second-order valence-electron chi connectivity index (χ2n) is 5.85. The molecule has 19 heavy (non-hydrogen) atoms. The van der Waals surface area contributed by atoms with Crippen molar-refractivity contribution in [3.63, 3.8) is 0 Å². The number of nitriles is 1. The van der Waals surface area contributed by atoms with Crippen molar-refractivity contribution in [3.8, 4) is 6.07 Å². The maximum atomic E-state index is 12.2. The van der Waals surface area contributed by atoms with Gasteiger partial charge in [-0.2, -0.15) is 5.26 Å². The number of nitrogens with zero attached hydrogens (tertiary/aromatic N) is 3. The smallest absolute Gasteiger partial charge is 0.246 e. The van der Waals surface area contributed by atoms with Gasteiger partial charge >= 0.3 is 0 Å². The lowest BCUT2D eigenvalue weighted by Crippen LogP contribution is -2.57. The monoisotopic (exact) mass is 260 g/mol. The third kappa shape index (κ3) is 2.09. The number of guanidine groups is 1. The molecule has 2 heterocycles. The predicted octanol–water partition coefficient (Wildman–Crippen LogP) is 1.41. The zero-order valence-corrected chi connectivity index (χ0v) is 11.2. The van der Waals surface area contributed by atoms with E-state index in [1.54, 1.807) is 0 Å². The van der Waals surface area contributed by atoms with Gasteiger partial charge in [0, 0.05) is 13.1 Å². The van der Waals surface area contributed by atoms with Crippen molar-refractivity contribution in [2.24, 2.45) is 10.9 Å². The van der Waals surface area contributed by atoms with Gasteiger partial charge in [0.1, 0.15) is 0 Å². The summed E-state index contributed by atoms with van der Waals surface area (Å²) in [6.45, 7) is 1.93. The number of carbonyl (C=O) groups excluding carboxylic acids is 1. The summed E-state index contributed by atoms with van der Waals surface area (Å²) in [6, 6.07) is 2.17. The number of likely N-dealkylation sites (tertiary alicyclic amines) is 1. The molecule has 3 rings (SSSR count). The zero-order valence-electron chi connectivity index (χ0n) is 11.2. The number of hydrogen-bond acceptors (Lipinski definition) is 4. The fourth-order valence-corrected chi connectivity index (χ4v) is 3.55. The zero-order chi connectivity index (χ0) is 13.3. The Morgan fingerprint density at radius 3 is 2.53 bits per heavy atom. The van der Waals surface area contributed by atoms with Crippen LogP contribution >= 0.6 is 0 Å². The molecular weight excluding hydrogens is 240 g/mol. The number of hydrogen-bond donors (Lipinski definition) is 1. The molecule has 1 aliphatic carbocycles. The summed E-state index contributed by atoms with van der Waals surface area (Å²) in [5.41, 5.74) is -0.441. The molecule has 5 heteroatoms. The lowest BCUT2D eigenvalue weighted by atomic mass is 9.82. The number of amides is 1. The van der Waals surface area contributed by atoms with Gasteiger partial charge in [0.05, 0.1) is 11.6 Å². The van der Waals surface area contributed by atoms with E-state index in [1.165, 1.54) is 6.42 Å². The average molecular weight is 260 g/mol. The lowest BCUT2D eigenvalue weighted by Gasteiger charge is -2.38. The van der Waals surface area contributed by atoms with Crippen LogP contribution in [0.1, 0.15) is 44.9 Å². The van der Waals surface area contributed by atoms with Crippen LogP contribution in [0, 0.1) is 17.2 Å². The van der Waals surface area contributed by atoms with E-state index in [0.29, 0.717) is 0 Å². The van der Waals surface area contributed by atoms with Gasteiger partial charge in [-0.05, 0) is 32.1 Å². The molecule has 0 aromatic heterocycles. The molecule has 0 aromatic carbocycles. The minimum atomic E-state index is -0.608. The van der Waals surface area contributed by atoms with Crippen molar-refractivity contribution in [3.05, 3.63) is 0 Å². The highest BCUT2D eigenvalue weighted by atomic mass is 16.2. The highest BCUT2D eigenvalue weighted by Gasteiger charge is 2.49. The van der Waals surface area contributed by atoms with Gasteiger partial charge in [-0.1, -0.05) is 12.8 Å². The van der Waals surface area contributed by atoms with E-state index >= 15 is 0 Å². The first-order chi connectivity index (χ1) is 9.25. The molecular formula is C14H20N4O. The van der Waals surface area contributed by atoms with Gasteiger partial charge < -0.3 is 4.90 Å². The van der Waals surface area contributed by atoms with Gasteiger partial charge in [-0.3, -0.25) is 10.1 Å². The third-order valence-electron chi connectivity index (χ3n) is 4.62. The van der Waals surface area contributed by atoms with Crippen LogP contribution in [0.15, 0.2) is 4.99 Å². The average Bonchev–Trinajstić information content (AvgIpc) is 2.88. The largest absolute Gasteiger partial charge is 0.343 e. The number of nitrogens with one attached hydrogen (secondary N) is 1. The highest BCUT2D eigenvalue weighted by molar-refractivity contribution is 6.02. The van der Waals surface area contributed by atoms with Crippen LogP contribution in [0.5, 0.6) is 0 Å². The topological polar surface area (TPSA) is 68.5 Å². The van der Waals surface area contributed by atoms with Crippen molar-refractivity contribution >= 4 is 11.9 Å². The summed E-state index contributed by atoms with van der Waals surface area (Å²) in [7, 11) is 0. The molecule has 1 atom stereocenters. The standard InChI is InChI=1S/C14H20N4O/c15-10-11-12(19)16-13(18-8-4-1-5-9-18)17-14(11)6-2-3-7-14/h11H,1-9H2,(H,16,17,19)/t11-/m1/s1. The Kier molecular flexibility index (Phi) is 3.17. The van der Waals surface area contributed by atoms with Crippen molar-refractivity contribution in [1.82, 2.24) is 10.2 Å². The summed E-state index contributed by atoms with van der Waals surface area (Å²) in [4.78, 5) is 19.2. The Hall–Kier alpha value is -1.57. The first-order valence-electron chi connectivity index (χ1n) is 7.30. The molecule has 0 aromatic rings. The van der Waals surface area contributed by atoms with Crippen LogP contribution in [0.4, 0.5) is 0 Å². The van der Waals surface area contributed by atoms with Crippen LogP contribution in [0.2, 0.25) is 0 Å². The van der Waals surface area contributed by atoms with Crippen LogP contribution < -0.4 is 5.32 Å². The molecule has 1 saturated carbocycles. The Morgan fingerprint density at radius 1 is 1.21 bits per heavy atom. The fraction of sp³-hybridized carbons (Fsp3) is 0.786. The minimum absolute atomic E-state index is 0.153. The number of carbonyl (C=O) groups is 1. The van der Waals surface area contributed by atoms with E-state index in [0.717, 1.165) is 57.6 Å². The molecule has 1 saturated heterocycles. The summed E-state index contributed by atoms with van der Waals surface area (Å²) in [6.07, 6.45) is 7.45. The van der Waals surface area contributed by atoms with E-state index in [2.05, 4.69) is 16.3 Å². The summed E-state index contributed by atoms with van der Waals surface area (Å²) >= 11 is 0. The molecule has 1 spiro atoms. The molecule has 0 bridgehead atoms. The quantitative estimate of drug-likeness (QED) is 0.716. The van der Waals surface area contributed by atoms with Crippen molar-refractivity contribution in [2.45, 2.75) is 50.5 Å². The summed E-state index contributed by atoms with van der Waals surface area (Å²) in [5, 5.41) is 12.1. The van der Waals surface area contributed by atoms with Gasteiger partial charge in [-0.15, -0.1) is 0 Å². The van der Waals surface area contributed by atoms with Gasteiger partial charge in [0.25, 0.3) is 0 Å². The number of rotatable bonds is 0. The molecule has 0 radical (unpaired) electrons. The molecule has 1 N–H and O–H groups in total. The van der Waals surface area contributed by atoms with Gasteiger partial charge in [0.15, 0.2) is 5.92 Å². The molecule has 1 amide bonds. The normalized spacial score (nSPS) is 29.8. The van der Waals surface area contributed by atoms with Crippen molar-refractivity contribution in [1.29, 1.82) is 5.26 Å². The summed E-state index contributed by atoms with van der Waals surface area (Å²) < 4.78 is 0. The van der Waals surface area contributed by atoms with Crippen LogP contribution in [-0.2, 0) is 4.79 Å². The van der Waals surface area contributed by atoms with E-state index < -0.39 is 11.5 Å². The Bertz CT molecular complexity index is 439. The highest BCUT2D eigenvalue weighted by Crippen LogP contribution is 2.41. The van der Waals surface area contributed by atoms with Crippen molar-refractivity contribution < 1.29 is 4.79 Å². The number of piperidine rings is 1. The second-order valence-corrected chi connectivity index (χ2v) is 5.85. The third-order valence-corrected chi connectivity index (χ3v) is 4.62. The van der Waals surface area contributed by atoms with Crippen LogP contribution in [0.25, 0.3) is 0 Å². The SMILES string of the molecule is N#C[C@@H]1C(=O)NC(N2CCCCC2)=NC12CCCC2. The molecule has 3 aliphatic rings. The van der Waals surface area contributed by atoms with Gasteiger partial charge in [0.2, 0.25) is 11.9 Å². The van der Waals surface area contributed by atoms with Gasteiger partial charge in [-0.25, -0.2) is 4.99 Å². The molecule has 2 aliphatic heterocycles. The predicted molar refractivity (Wildman–Crippen MR) is 71.3 cm³/mol. The molecule has 0 unspecified atom stereocenters. The van der Waals surface area contributed by atoms with E-state index in [-0.39, 0.29) is 5.91 Å². The van der Waals surface area contributed by atoms with E-state index in [9.17, 15) is 10.1 Å². The van der Waals surface area contributed by atoms with Crippen molar-refractivity contribution in [2.75, 3.05) is 13.1 Å². The molecule has 2 fully saturated rings. The first kappa shape index (κ1) is 12.5. The first-order valence-corrected chi connectivity index (χ1v) is 7.30. The Labute approximate surface area is 113 Å². The molecule has 102 valence electrons.